The number of para-hydroxylation sites is 1. The van der Waals surface area contributed by atoms with Crippen LogP contribution in [0, 0.1) is 5.92 Å². The second kappa shape index (κ2) is 10.9. The van der Waals surface area contributed by atoms with Gasteiger partial charge in [0.05, 0.1) is 17.5 Å². The lowest BCUT2D eigenvalue weighted by Gasteiger charge is -2.32. The van der Waals surface area contributed by atoms with Gasteiger partial charge in [0, 0.05) is 13.1 Å². The molecule has 1 fully saturated rings. The first-order valence-corrected chi connectivity index (χ1v) is 8.85. The Balaban J connectivity index is 0.00000264. The van der Waals surface area contributed by atoms with Crippen LogP contribution in [0.1, 0.15) is 26.2 Å². The van der Waals surface area contributed by atoms with Crippen LogP contribution in [0.25, 0.3) is 0 Å². The number of amides is 1. The van der Waals surface area contributed by atoms with Crippen molar-refractivity contribution in [3.63, 3.8) is 0 Å². The standard InChI is InChI=1S/C17H25BrN2O2.ClH/c1-2-19-13-14-7-10-20(11-8-14)17(21)9-12-22-16-6-4-3-5-15(16)18;/h3-6,14,19H,2,7-13H2,1H3;1H. The van der Waals surface area contributed by atoms with Gasteiger partial charge in [-0.1, -0.05) is 19.1 Å². The number of ether oxygens (including phenoxy) is 1. The first kappa shape index (κ1) is 20.3. The van der Waals surface area contributed by atoms with Crippen LogP contribution >= 0.6 is 28.3 Å². The summed E-state index contributed by atoms with van der Waals surface area (Å²) < 4.78 is 6.59. The van der Waals surface area contributed by atoms with E-state index in [0.717, 1.165) is 49.2 Å². The van der Waals surface area contributed by atoms with Gasteiger partial charge < -0.3 is 15.0 Å². The normalized spacial score (nSPS) is 15.1. The molecule has 2 rings (SSSR count). The monoisotopic (exact) mass is 404 g/mol. The van der Waals surface area contributed by atoms with Gasteiger partial charge in [0.25, 0.3) is 0 Å². The summed E-state index contributed by atoms with van der Waals surface area (Å²) in [5, 5.41) is 3.39. The van der Waals surface area contributed by atoms with E-state index in [4.69, 9.17) is 4.74 Å². The molecule has 1 aliphatic rings. The zero-order valence-corrected chi connectivity index (χ0v) is 16.0. The molecule has 0 unspecified atom stereocenters. The summed E-state index contributed by atoms with van der Waals surface area (Å²) >= 11 is 3.44. The molecule has 0 aliphatic carbocycles. The zero-order valence-electron chi connectivity index (χ0n) is 13.6. The average molecular weight is 406 g/mol. The van der Waals surface area contributed by atoms with Crippen molar-refractivity contribution in [1.29, 1.82) is 0 Å². The van der Waals surface area contributed by atoms with E-state index < -0.39 is 0 Å². The van der Waals surface area contributed by atoms with E-state index in [1.165, 1.54) is 0 Å². The van der Waals surface area contributed by atoms with Gasteiger partial charge >= 0.3 is 0 Å². The smallest absolute Gasteiger partial charge is 0.225 e. The van der Waals surface area contributed by atoms with Crippen molar-refractivity contribution in [2.75, 3.05) is 32.8 Å². The number of rotatable bonds is 7. The van der Waals surface area contributed by atoms with Crippen molar-refractivity contribution in [3.8, 4) is 5.75 Å². The van der Waals surface area contributed by atoms with Crippen LogP contribution in [0.4, 0.5) is 0 Å². The Morgan fingerprint density at radius 1 is 1.35 bits per heavy atom. The molecule has 1 aromatic carbocycles. The molecule has 1 amide bonds. The summed E-state index contributed by atoms with van der Waals surface area (Å²) in [6, 6.07) is 7.71. The Labute approximate surface area is 153 Å². The number of hydrogen-bond donors (Lipinski definition) is 1. The third-order valence-corrected chi connectivity index (χ3v) is 4.72. The number of nitrogens with zero attached hydrogens (tertiary/aromatic N) is 1. The molecular formula is C17H26BrClN2O2. The summed E-state index contributed by atoms with van der Waals surface area (Å²) in [6.07, 6.45) is 2.65. The Hall–Kier alpha value is -0.780. The Morgan fingerprint density at radius 3 is 2.70 bits per heavy atom. The molecule has 23 heavy (non-hydrogen) atoms. The zero-order chi connectivity index (χ0) is 15.8. The maximum atomic E-state index is 12.2. The SMILES string of the molecule is CCNCC1CCN(C(=O)CCOc2ccccc2Br)CC1.Cl. The van der Waals surface area contributed by atoms with E-state index in [1.54, 1.807) is 0 Å². The highest BCUT2D eigenvalue weighted by molar-refractivity contribution is 9.10. The highest BCUT2D eigenvalue weighted by Crippen LogP contribution is 2.24. The van der Waals surface area contributed by atoms with Gasteiger partial charge in [-0.05, 0) is 59.9 Å². The fraction of sp³-hybridized carbons (Fsp3) is 0.588. The molecule has 0 radical (unpaired) electrons. The summed E-state index contributed by atoms with van der Waals surface area (Å²) in [4.78, 5) is 14.2. The number of piperidine rings is 1. The molecule has 0 bridgehead atoms. The van der Waals surface area contributed by atoms with E-state index in [1.807, 2.05) is 29.2 Å². The molecule has 0 saturated carbocycles. The molecule has 0 spiro atoms. The van der Waals surface area contributed by atoms with Crippen molar-refractivity contribution in [1.82, 2.24) is 10.2 Å². The van der Waals surface area contributed by atoms with Crippen molar-refractivity contribution >= 4 is 34.2 Å². The summed E-state index contributed by atoms with van der Waals surface area (Å²) in [5.41, 5.74) is 0. The second-order valence-electron chi connectivity index (χ2n) is 5.66. The van der Waals surface area contributed by atoms with Crippen LogP contribution in [0.2, 0.25) is 0 Å². The molecule has 1 N–H and O–H groups in total. The quantitative estimate of drug-likeness (QED) is 0.755. The molecule has 4 nitrogen and oxygen atoms in total. The fourth-order valence-electron chi connectivity index (χ4n) is 2.70. The third-order valence-electron chi connectivity index (χ3n) is 4.06. The summed E-state index contributed by atoms with van der Waals surface area (Å²) in [5.74, 6) is 1.70. The number of halogens is 2. The van der Waals surface area contributed by atoms with Crippen LogP contribution in [0.3, 0.4) is 0 Å². The van der Waals surface area contributed by atoms with E-state index in [-0.39, 0.29) is 18.3 Å². The predicted molar refractivity (Wildman–Crippen MR) is 99.3 cm³/mol. The second-order valence-corrected chi connectivity index (χ2v) is 6.52. The fourth-order valence-corrected chi connectivity index (χ4v) is 3.10. The molecule has 6 heteroatoms. The molecular weight excluding hydrogens is 380 g/mol. The van der Waals surface area contributed by atoms with Crippen LogP contribution < -0.4 is 10.1 Å². The van der Waals surface area contributed by atoms with E-state index in [0.29, 0.717) is 18.9 Å². The first-order chi connectivity index (χ1) is 10.7. The van der Waals surface area contributed by atoms with Crippen molar-refractivity contribution in [2.24, 2.45) is 5.92 Å². The molecule has 1 aliphatic heterocycles. The predicted octanol–water partition coefficient (Wildman–Crippen LogP) is 3.49. The number of carbonyl (C=O) groups is 1. The van der Waals surface area contributed by atoms with Crippen molar-refractivity contribution < 1.29 is 9.53 Å². The summed E-state index contributed by atoms with van der Waals surface area (Å²) in [6.45, 7) is 6.41. The number of nitrogens with one attached hydrogen (secondary N) is 1. The lowest BCUT2D eigenvalue weighted by atomic mass is 9.96. The van der Waals surface area contributed by atoms with Crippen LogP contribution in [0.5, 0.6) is 5.75 Å². The van der Waals surface area contributed by atoms with Gasteiger partial charge in [0.15, 0.2) is 0 Å². The van der Waals surface area contributed by atoms with Gasteiger partial charge in [0.1, 0.15) is 5.75 Å². The highest BCUT2D eigenvalue weighted by atomic mass is 79.9. The first-order valence-electron chi connectivity index (χ1n) is 8.06. The Morgan fingerprint density at radius 2 is 2.04 bits per heavy atom. The molecule has 0 aromatic heterocycles. The van der Waals surface area contributed by atoms with E-state index in [9.17, 15) is 4.79 Å². The minimum Gasteiger partial charge on any atom is -0.492 e. The third kappa shape index (κ3) is 6.69. The van der Waals surface area contributed by atoms with Gasteiger partial charge in [0.2, 0.25) is 5.91 Å². The molecule has 130 valence electrons. The Kier molecular flexibility index (Phi) is 9.60. The molecule has 1 saturated heterocycles. The number of benzene rings is 1. The average Bonchev–Trinajstić information content (AvgIpc) is 2.55. The van der Waals surface area contributed by atoms with Crippen molar-refractivity contribution in [2.45, 2.75) is 26.2 Å². The lowest BCUT2D eigenvalue weighted by molar-refractivity contribution is -0.133. The van der Waals surface area contributed by atoms with Gasteiger partial charge in [-0.25, -0.2) is 0 Å². The van der Waals surface area contributed by atoms with Gasteiger partial charge in [-0.3, -0.25) is 4.79 Å². The van der Waals surface area contributed by atoms with Gasteiger partial charge in [-0.15, -0.1) is 12.4 Å². The number of likely N-dealkylation sites (tertiary alicyclic amines) is 1. The molecule has 1 aromatic rings. The minimum atomic E-state index is 0. The molecule has 0 atom stereocenters. The largest absolute Gasteiger partial charge is 0.492 e. The highest BCUT2D eigenvalue weighted by Gasteiger charge is 2.22. The van der Waals surface area contributed by atoms with Crippen LogP contribution in [-0.4, -0.2) is 43.6 Å². The maximum absolute atomic E-state index is 12.2. The maximum Gasteiger partial charge on any atom is 0.225 e. The number of hydrogen-bond acceptors (Lipinski definition) is 3. The van der Waals surface area contributed by atoms with E-state index in [2.05, 4.69) is 28.2 Å². The van der Waals surface area contributed by atoms with Crippen molar-refractivity contribution in [3.05, 3.63) is 28.7 Å². The Bertz CT molecular complexity index is 479. The number of carbonyl (C=O) groups excluding carboxylic acids is 1. The van der Waals surface area contributed by atoms with Crippen LogP contribution in [0.15, 0.2) is 28.7 Å². The minimum absolute atomic E-state index is 0. The molecule has 1 heterocycles. The van der Waals surface area contributed by atoms with Crippen LogP contribution in [-0.2, 0) is 4.79 Å². The van der Waals surface area contributed by atoms with E-state index >= 15 is 0 Å². The lowest BCUT2D eigenvalue weighted by Crippen LogP contribution is -2.41. The summed E-state index contributed by atoms with van der Waals surface area (Å²) in [7, 11) is 0. The topological polar surface area (TPSA) is 41.6 Å². The van der Waals surface area contributed by atoms with Gasteiger partial charge in [-0.2, -0.15) is 0 Å².